The van der Waals surface area contributed by atoms with Gasteiger partial charge in [-0.25, -0.2) is 0 Å². The number of piperidine rings is 1. The van der Waals surface area contributed by atoms with Crippen LogP contribution in [0.4, 0.5) is 0 Å². The van der Waals surface area contributed by atoms with Gasteiger partial charge in [-0.1, -0.05) is 46.3 Å². The van der Waals surface area contributed by atoms with Gasteiger partial charge in [0.05, 0.1) is 0 Å². The zero-order valence-corrected chi connectivity index (χ0v) is 17.3. The Hall–Kier alpha value is -1.07. The Bertz CT molecular complexity index is 630. The van der Waals surface area contributed by atoms with Crippen LogP contribution in [0.5, 0.6) is 5.75 Å². The van der Waals surface area contributed by atoms with E-state index in [2.05, 4.69) is 51.2 Å². The zero-order valence-electron chi connectivity index (χ0n) is 14.9. The molecule has 5 heteroatoms. The van der Waals surface area contributed by atoms with Crippen molar-refractivity contribution < 1.29 is 9.84 Å². The first-order valence-electron chi connectivity index (χ1n) is 9.02. The number of benzene rings is 2. The SMILES string of the molecule is Cl.OC(COc1ccc(Br)cc1)CN1CCC(Cc2ccccc2)CC1. The molecule has 1 aliphatic heterocycles. The lowest BCUT2D eigenvalue weighted by Gasteiger charge is -2.33. The van der Waals surface area contributed by atoms with Crippen molar-refractivity contribution in [1.82, 2.24) is 4.90 Å². The van der Waals surface area contributed by atoms with Crippen molar-refractivity contribution in [3.63, 3.8) is 0 Å². The van der Waals surface area contributed by atoms with E-state index in [4.69, 9.17) is 4.74 Å². The first kappa shape index (κ1) is 21.2. The first-order valence-corrected chi connectivity index (χ1v) is 9.81. The van der Waals surface area contributed by atoms with Gasteiger partial charge in [0.15, 0.2) is 0 Å². The maximum Gasteiger partial charge on any atom is 0.119 e. The fourth-order valence-corrected chi connectivity index (χ4v) is 3.66. The Morgan fingerprint density at radius 3 is 2.35 bits per heavy atom. The number of aliphatic hydroxyl groups excluding tert-OH is 1. The normalized spacial score (nSPS) is 16.7. The molecule has 3 rings (SSSR count). The van der Waals surface area contributed by atoms with Crippen LogP contribution in [0.2, 0.25) is 0 Å². The number of aliphatic hydroxyl groups is 1. The number of β-amino-alcohol motifs (C(OH)–C–C–N with tert-alkyl or cyclic N) is 1. The van der Waals surface area contributed by atoms with Gasteiger partial charge in [0, 0.05) is 11.0 Å². The molecule has 1 aliphatic rings. The molecule has 1 unspecified atom stereocenters. The highest BCUT2D eigenvalue weighted by molar-refractivity contribution is 9.10. The van der Waals surface area contributed by atoms with Gasteiger partial charge in [0.2, 0.25) is 0 Å². The van der Waals surface area contributed by atoms with Crippen molar-refractivity contribution in [3.8, 4) is 5.75 Å². The van der Waals surface area contributed by atoms with E-state index in [0.29, 0.717) is 13.2 Å². The van der Waals surface area contributed by atoms with Gasteiger partial charge < -0.3 is 14.7 Å². The van der Waals surface area contributed by atoms with E-state index in [-0.39, 0.29) is 12.4 Å². The molecule has 3 nitrogen and oxygen atoms in total. The lowest BCUT2D eigenvalue weighted by atomic mass is 9.90. The maximum atomic E-state index is 10.2. The summed E-state index contributed by atoms with van der Waals surface area (Å²) >= 11 is 3.41. The number of rotatable bonds is 7. The summed E-state index contributed by atoms with van der Waals surface area (Å²) in [6.45, 7) is 3.15. The fourth-order valence-electron chi connectivity index (χ4n) is 3.39. The van der Waals surface area contributed by atoms with Crippen LogP contribution < -0.4 is 4.74 Å². The second-order valence-electron chi connectivity index (χ2n) is 6.85. The summed E-state index contributed by atoms with van der Waals surface area (Å²) in [5.74, 6) is 1.55. The lowest BCUT2D eigenvalue weighted by molar-refractivity contribution is 0.0550. The molecule has 0 amide bonds. The smallest absolute Gasteiger partial charge is 0.119 e. The molecule has 0 bridgehead atoms. The van der Waals surface area contributed by atoms with Crippen molar-refractivity contribution >= 4 is 28.3 Å². The van der Waals surface area contributed by atoms with E-state index in [1.807, 2.05) is 24.3 Å². The summed E-state index contributed by atoms with van der Waals surface area (Å²) in [4.78, 5) is 2.36. The Kier molecular flexibility index (Phi) is 8.93. The second kappa shape index (κ2) is 10.9. The van der Waals surface area contributed by atoms with Crippen LogP contribution in [0.25, 0.3) is 0 Å². The number of hydrogen-bond acceptors (Lipinski definition) is 3. The third kappa shape index (κ3) is 6.92. The number of hydrogen-bond donors (Lipinski definition) is 1. The highest BCUT2D eigenvalue weighted by Gasteiger charge is 2.21. The number of halogens is 2. The minimum absolute atomic E-state index is 0. The van der Waals surface area contributed by atoms with E-state index in [0.717, 1.165) is 29.2 Å². The Balaban J connectivity index is 0.00000243. The number of ether oxygens (including phenoxy) is 1. The fraction of sp³-hybridized carbons (Fsp3) is 0.429. The van der Waals surface area contributed by atoms with E-state index in [1.54, 1.807) is 0 Å². The van der Waals surface area contributed by atoms with Gasteiger partial charge in [-0.05, 0) is 68.1 Å². The maximum absolute atomic E-state index is 10.2. The summed E-state index contributed by atoms with van der Waals surface area (Å²) in [6, 6.07) is 18.4. The average Bonchev–Trinajstić information content (AvgIpc) is 2.64. The summed E-state index contributed by atoms with van der Waals surface area (Å²) in [7, 11) is 0. The van der Waals surface area contributed by atoms with Crippen LogP contribution in [0.15, 0.2) is 59.1 Å². The summed E-state index contributed by atoms with van der Waals surface area (Å²) < 4.78 is 6.69. The molecule has 0 radical (unpaired) electrons. The Labute approximate surface area is 170 Å². The van der Waals surface area contributed by atoms with E-state index in [1.165, 1.54) is 24.8 Å². The quantitative estimate of drug-likeness (QED) is 0.685. The molecule has 2 aromatic carbocycles. The van der Waals surface area contributed by atoms with Crippen molar-refractivity contribution in [2.45, 2.75) is 25.4 Å². The molecule has 0 aromatic heterocycles. The minimum atomic E-state index is -0.450. The second-order valence-corrected chi connectivity index (χ2v) is 7.77. The van der Waals surface area contributed by atoms with Crippen molar-refractivity contribution in [3.05, 3.63) is 64.6 Å². The molecule has 26 heavy (non-hydrogen) atoms. The molecular weight excluding hydrogens is 414 g/mol. The highest BCUT2D eigenvalue weighted by Crippen LogP contribution is 2.22. The molecule has 1 atom stereocenters. The average molecular weight is 441 g/mol. The zero-order chi connectivity index (χ0) is 17.5. The topological polar surface area (TPSA) is 32.7 Å². The Morgan fingerprint density at radius 2 is 1.69 bits per heavy atom. The lowest BCUT2D eigenvalue weighted by Crippen LogP contribution is -2.41. The molecule has 142 valence electrons. The van der Waals surface area contributed by atoms with Crippen molar-refractivity contribution in [2.75, 3.05) is 26.2 Å². The molecule has 1 fully saturated rings. The van der Waals surface area contributed by atoms with Gasteiger partial charge in [0.1, 0.15) is 18.5 Å². The summed E-state index contributed by atoms with van der Waals surface area (Å²) in [6.07, 6.45) is 3.13. The van der Waals surface area contributed by atoms with Gasteiger partial charge in [-0.2, -0.15) is 0 Å². The minimum Gasteiger partial charge on any atom is -0.491 e. The summed E-state index contributed by atoms with van der Waals surface area (Å²) in [5.41, 5.74) is 1.43. The number of nitrogens with zero attached hydrogens (tertiary/aromatic N) is 1. The molecule has 1 heterocycles. The van der Waals surface area contributed by atoms with Crippen LogP contribution in [0, 0.1) is 5.92 Å². The van der Waals surface area contributed by atoms with Gasteiger partial charge in [-0.3, -0.25) is 0 Å². The van der Waals surface area contributed by atoms with E-state index in [9.17, 15) is 5.11 Å². The largest absolute Gasteiger partial charge is 0.491 e. The predicted octanol–water partition coefficient (Wildman–Crippen LogP) is 4.57. The van der Waals surface area contributed by atoms with Crippen LogP contribution in [0.3, 0.4) is 0 Å². The van der Waals surface area contributed by atoms with Gasteiger partial charge in [-0.15, -0.1) is 12.4 Å². The summed E-state index contributed by atoms with van der Waals surface area (Å²) in [5, 5.41) is 10.2. The van der Waals surface area contributed by atoms with Crippen LogP contribution in [0.1, 0.15) is 18.4 Å². The van der Waals surface area contributed by atoms with E-state index >= 15 is 0 Å². The van der Waals surface area contributed by atoms with Crippen LogP contribution in [-0.2, 0) is 6.42 Å². The first-order chi connectivity index (χ1) is 12.2. The molecule has 1 saturated heterocycles. The number of likely N-dealkylation sites (tertiary alicyclic amines) is 1. The van der Waals surface area contributed by atoms with Crippen LogP contribution in [-0.4, -0.2) is 42.4 Å². The third-order valence-corrected chi connectivity index (χ3v) is 5.33. The van der Waals surface area contributed by atoms with Gasteiger partial charge in [0.25, 0.3) is 0 Å². The highest BCUT2D eigenvalue weighted by atomic mass is 79.9. The molecule has 0 saturated carbocycles. The monoisotopic (exact) mass is 439 g/mol. The molecular formula is C21H27BrClNO2. The van der Waals surface area contributed by atoms with Crippen LogP contribution >= 0.6 is 28.3 Å². The molecule has 0 spiro atoms. The third-order valence-electron chi connectivity index (χ3n) is 4.80. The Morgan fingerprint density at radius 1 is 1.04 bits per heavy atom. The van der Waals surface area contributed by atoms with Crippen molar-refractivity contribution in [1.29, 1.82) is 0 Å². The molecule has 1 N–H and O–H groups in total. The van der Waals surface area contributed by atoms with Gasteiger partial charge >= 0.3 is 0 Å². The van der Waals surface area contributed by atoms with Crippen molar-refractivity contribution in [2.24, 2.45) is 5.92 Å². The van der Waals surface area contributed by atoms with E-state index < -0.39 is 6.10 Å². The standard InChI is InChI=1S/C21H26BrNO2.ClH/c22-19-6-8-21(9-7-19)25-16-20(24)15-23-12-10-18(11-13-23)14-17-4-2-1-3-5-17;/h1-9,18,20,24H,10-16H2;1H. The molecule has 0 aliphatic carbocycles. The molecule has 2 aromatic rings. The predicted molar refractivity (Wildman–Crippen MR) is 112 cm³/mol.